The number of nitrogens with zero attached hydrogens (tertiary/aromatic N) is 2. The Labute approximate surface area is 206 Å². The number of amides is 1. The summed E-state index contributed by atoms with van der Waals surface area (Å²) in [6.07, 6.45) is -3.11. The summed E-state index contributed by atoms with van der Waals surface area (Å²) in [5, 5.41) is 9.83. The van der Waals surface area contributed by atoms with Crippen molar-refractivity contribution in [2.75, 3.05) is 32.0 Å². The van der Waals surface area contributed by atoms with E-state index >= 15 is 0 Å². The molecular formula is C25H27F3N4O4. The molecule has 192 valence electrons. The van der Waals surface area contributed by atoms with Crippen LogP contribution < -0.4 is 24.8 Å². The highest BCUT2D eigenvalue weighted by atomic mass is 19.4. The van der Waals surface area contributed by atoms with Gasteiger partial charge in [-0.1, -0.05) is 25.1 Å². The maximum absolute atomic E-state index is 14.1. The smallest absolute Gasteiger partial charge is 0.410 e. The molecule has 3 aromatic rings. The number of alkyl halides is 3. The molecule has 0 radical (unpaired) electrons. The summed E-state index contributed by atoms with van der Waals surface area (Å²) >= 11 is 0. The quantitative estimate of drug-likeness (QED) is 0.449. The molecule has 0 bridgehead atoms. The Morgan fingerprint density at radius 3 is 2.39 bits per heavy atom. The fourth-order valence-corrected chi connectivity index (χ4v) is 4.39. The van der Waals surface area contributed by atoms with E-state index in [1.165, 1.54) is 21.3 Å². The lowest BCUT2D eigenvalue weighted by atomic mass is 9.95. The molecule has 1 aliphatic heterocycles. The van der Waals surface area contributed by atoms with Gasteiger partial charge in [-0.3, -0.25) is 4.79 Å². The van der Waals surface area contributed by atoms with Gasteiger partial charge in [0.05, 0.1) is 33.6 Å². The summed E-state index contributed by atoms with van der Waals surface area (Å²) in [5.74, 6) is 0.368. The predicted molar refractivity (Wildman–Crippen MR) is 128 cm³/mol. The van der Waals surface area contributed by atoms with Crippen molar-refractivity contribution in [1.82, 2.24) is 9.78 Å². The van der Waals surface area contributed by atoms with Gasteiger partial charge in [0.2, 0.25) is 5.75 Å². The van der Waals surface area contributed by atoms with E-state index < -0.39 is 24.2 Å². The molecule has 0 saturated carbocycles. The molecule has 1 aromatic heterocycles. The normalized spacial score (nSPS) is 17.1. The van der Waals surface area contributed by atoms with Gasteiger partial charge in [0.15, 0.2) is 17.5 Å². The molecule has 8 nitrogen and oxygen atoms in total. The summed E-state index contributed by atoms with van der Waals surface area (Å²) in [4.78, 5) is 13.2. The van der Waals surface area contributed by atoms with Gasteiger partial charge in [0, 0.05) is 12.1 Å². The van der Waals surface area contributed by atoms with Gasteiger partial charge in [0.25, 0.3) is 5.91 Å². The van der Waals surface area contributed by atoms with E-state index in [9.17, 15) is 18.0 Å². The van der Waals surface area contributed by atoms with E-state index in [-0.39, 0.29) is 17.8 Å². The molecule has 36 heavy (non-hydrogen) atoms. The molecule has 0 unspecified atom stereocenters. The van der Waals surface area contributed by atoms with Crippen molar-refractivity contribution in [2.24, 2.45) is 0 Å². The van der Waals surface area contributed by atoms with Crippen LogP contribution in [0.2, 0.25) is 0 Å². The zero-order valence-electron chi connectivity index (χ0n) is 20.3. The van der Waals surface area contributed by atoms with Crippen molar-refractivity contribution in [2.45, 2.75) is 38.0 Å². The number of carbonyl (C=O) groups excluding carboxylic acids is 1. The number of fused-ring (bicyclic) bond motifs is 1. The van der Waals surface area contributed by atoms with Crippen molar-refractivity contribution in [1.29, 1.82) is 0 Å². The summed E-state index contributed by atoms with van der Waals surface area (Å²) in [6.45, 7) is 1.95. The Morgan fingerprint density at radius 2 is 1.81 bits per heavy atom. The van der Waals surface area contributed by atoms with Gasteiger partial charge >= 0.3 is 6.18 Å². The molecule has 2 aromatic carbocycles. The Hall–Kier alpha value is -3.89. The second kappa shape index (κ2) is 10.00. The first-order valence-electron chi connectivity index (χ1n) is 11.3. The second-order valence-corrected chi connectivity index (χ2v) is 8.26. The number of para-hydroxylation sites is 1. The molecule has 11 heteroatoms. The van der Waals surface area contributed by atoms with Crippen LogP contribution in [0.15, 0.2) is 42.6 Å². The number of carbonyl (C=O) groups is 1. The van der Waals surface area contributed by atoms with Gasteiger partial charge in [-0.05, 0) is 35.7 Å². The highest BCUT2D eigenvalue weighted by Crippen LogP contribution is 2.47. The van der Waals surface area contributed by atoms with Gasteiger partial charge in [-0.2, -0.15) is 18.3 Å². The van der Waals surface area contributed by atoms with Crippen molar-refractivity contribution in [3.8, 4) is 17.2 Å². The van der Waals surface area contributed by atoms with Crippen LogP contribution in [0.3, 0.4) is 0 Å². The maximum atomic E-state index is 14.1. The Bertz CT molecular complexity index is 1230. The van der Waals surface area contributed by atoms with Crippen LogP contribution in [0.5, 0.6) is 17.2 Å². The van der Waals surface area contributed by atoms with Gasteiger partial charge in [-0.25, -0.2) is 4.68 Å². The minimum absolute atomic E-state index is 0.00676. The number of benzene rings is 2. The van der Waals surface area contributed by atoms with Crippen LogP contribution in [-0.4, -0.2) is 43.2 Å². The fourth-order valence-electron chi connectivity index (χ4n) is 4.39. The summed E-state index contributed by atoms with van der Waals surface area (Å²) < 4.78 is 59.2. The van der Waals surface area contributed by atoms with Gasteiger partial charge < -0.3 is 24.8 Å². The number of methoxy groups -OCH3 is 3. The molecule has 2 heterocycles. The van der Waals surface area contributed by atoms with Crippen LogP contribution in [0.1, 0.15) is 46.9 Å². The number of ether oxygens (including phenoxy) is 3. The lowest BCUT2D eigenvalue weighted by Gasteiger charge is -2.34. The lowest BCUT2D eigenvalue weighted by Crippen LogP contribution is -2.36. The zero-order chi connectivity index (χ0) is 26.0. The number of halogens is 3. The maximum Gasteiger partial charge on any atom is 0.410 e. The van der Waals surface area contributed by atoms with Crippen molar-refractivity contribution in [3.63, 3.8) is 0 Å². The number of aromatic nitrogens is 2. The molecule has 0 aliphatic carbocycles. The fraction of sp³-hybridized carbons (Fsp3) is 0.360. The van der Waals surface area contributed by atoms with Crippen LogP contribution in [0, 0.1) is 0 Å². The molecular weight excluding hydrogens is 477 g/mol. The summed E-state index contributed by atoms with van der Waals surface area (Å²) in [5.41, 5.74) is 1.99. The Kier molecular flexibility index (Phi) is 7.00. The third kappa shape index (κ3) is 4.65. The van der Waals surface area contributed by atoms with Crippen LogP contribution in [0.4, 0.5) is 24.7 Å². The minimum atomic E-state index is -4.59. The number of nitrogens with one attached hydrogen (secondary N) is 2. The van der Waals surface area contributed by atoms with E-state index in [2.05, 4.69) is 15.7 Å². The van der Waals surface area contributed by atoms with Gasteiger partial charge in [-0.15, -0.1) is 0 Å². The largest absolute Gasteiger partial charge is 0.493 e. The SMILES string of the molecule is CCc1ccccc1NC(=O)c1cnn2c1N[C@H](c1cc(OC)c(OC)c(OC)c1)C[C@H]2C(F)(F)F. The van der Waals surface area contributed by atoms with E-state index in [1.807, 2.05) is 19.1 Å². The number of anilines is 2. The zero-order valence-corrected chi connectivity index (χ0v) is 20.3. The third-order valence-corrected chi connectivity index (χ3v) is 6.22. The van der Waals surface area contributed by atoms with Crippen molar-refractivity contribution >= 4 is 17.4 Å². The standard InChI is InChI=1S/C25H27F3N4O4/c1-5-14-8-6-7-9-17(14)31-24(33)16-13-29-32-21(25(26,27)28)12-18(30-23(16)32)15-10-19(34-2)22(36-4)20(11-15)35-3/h6-11,13,18,21,30H,5,12H2,1-4H3,(H,31,33)/t18-,21-/m0/s1. The molecule has 1 aliphatic rings. The number of aryl methyl sites for hydroxylation is 1. The van der Waals surface area contributed by atoms with Crippen LogP contribution >= 0.6 is 0 Å². The first-order chi connectivity index (χ1) is 17.2. The van der Waals surface area contributed by atoms with E-state index in [0.717, 1.165) is 16.4 Å². The average molecular weight is 505 g/mol. The molecule has 2 atom stereocenters. The number of rotatable bonds is 7. The second-order valence-electron chi connectivity index (χ2n) is 8.26. The molecule has 2 N–H and O–H groups in total. The third-order valence-electron chi connectivity index (χ3n) is 6.22. The Morgan fingerprint density at radius 1 is 1.14 bits per heavy atom. The van der Waals surface area contributed by atoms with Crippen molar-refractivity contribution < 1.29 is 32.2 Å². The first-order valence-corrected chi connectivity index (χ1v) is 11.3. The number of hydrogen-bond donors (Lipinski definition) is 2. The molecule has 0 saturated heterocycles. The summed E-state index contributed by atoms with van der Waals surface area (Å²) in [7, 11) is 4.30. The topological polar surface area (TPSA) is 86.6 Å². The summed E-state index contributed by atoms with van der Waals surface area (Å²) in [6, 6.07) is 7.69. The van der Waals surface area contributed by atoms with Gasteiger partial charge in [0.1, 0.15) is 11.4 Å². The predicted octanol–water partition coefficient (Wildman–Crippen LogP) is 5.38. The highest BCUT2D eigenvalue weighted by Gasteiger charge is 2.47. The van der Waals surface area contributed by atoms with E-state index in [1.54, 1.807) is 24.3 Å². The van der Waals surface area contributed by atoms with Crippen LogP contribution in [0.25, 0.3) is 0 Å². The minimum Gasteiger partial charge on any atom is -0.493 e. The highest BCUT2D eigenvalue weighted by molar-refractivity contribution is 6.07. The first kappa shape index (κ1) is 25.2. The molecule has 0 fully saturated rings. The van der Waals surface area contributed by atoms with Crippen molar-refractivity contribution in [3.05, 3.63) is 59.3 Å². The van der Waals surface area contributed by atoms with Crippen LogP contribution in [-0.2, 0) is 6.42 Å². The number of hydrogen-bond acceptors (Lipinski definition) is 6. The molecule has 0 spiro atoms. The van der Waals surface area contributed by atoms with E-state index in [0.29, 0.717) is 34.9 Å². The lowest BCUT2D eigenvalue weighted by molar-refractivity contribution is -0.173. The molecule has 1 amide bonds. The molecule has 4 rings (SSSR count). The monoisotopic (exact) mass is 504 g/mol. The average Bonchev–Trinajstić information content (AvgIpc) is 3.31. The Balaban J connectivity index is 1.74. The van der Waals surface area contributed by atoms with E-state index in [4.69, 9.17) is 14.2 Å².